The van der Waals surface area contributed by atoms with Gasteiger partial charge in [-0.1, -0.05) is 0 Å². The summed E-state index contributed by atoms with van der Waals surface area (Å²) in [5, 5.41) is 20.4. The van der Waals surface area contributed by atoms with E-state index in [1.54, 1.807) is 23.4 Å². The Morgan fingerprint density at radius 1 is 1.41 bits per heavy atom. The lowest BCUT2D eigenvalue weighted by Gasteiger charge is -2.24. The maximum atomic E-state index is 13.0. The number of hydrogen-bond acceptors (Lipinski definition) is 7. The Morgan fingerprint density at radius 3 is 2.90 bits per heavy atom. The molecule has 152 valence electrons. The molecule has 0 radical (unpaired) electrons. The summed E-state index contributed by atoms with van der Waals surface area (Å²) in [6, 6.07) is 4.02. The number of carbonyl (C=O) groups excluding carboxylic acids is 1. The molecule has 0 unspecified atom stereocenters. The fourth-order valence-electron chi connectivity index (χ4n) is 4.03. The van der Waals surface area contributed by atoms with Gasteiger partial charge < -0.3 is 10.6 Å². The zero-order chi connectivity index (χ0) is 20.6. The number of rotatable bonds is 7. The van der Waals surface area contributed by atoms with E-state index in [0.717, 1.165) is 25.1 Å². The highest BCUT2D eigenvalue weighted by Gasteiger charge is 2.57. The minimum atomic E-state index is -0.876. The van der Waals surface area contributed by atoms with Crippen molar-refractivity contribution in [3.63, 3.8) is 0 Å². The van der Waals surface area contributed by atoms with Gasteiger partial charge in [-0.25, -0.2) is 4.98 Å². The average Bonchev–Trinajstić information content (AvgIpc) is 3.34. The molecule has 0 bridgehead atoms. The van der Waals surface area contributed by atoms with Gasteiger partial charge in [-0.3, -0.25) is 14.4 Å². The number of hydrogen-bond donors (Lipinski definition) is 2. The van der Waals surface area contributed by atoms with E-state index in [1.807, 2.05) is 17.9 Å². The van der Waals surface area contributed by atoms with Crippen molar-refractivity contribution in [2.75, 3.05) is 30.4 Å². The van der Waals surface area contributed by atoms with Gasteiger partial charge in [0.05, 0.1) is 23.5 Å². The largest absolute Gasteiger partial charge is 0.321 e. The molecule has 4 rings (SSSR count). The van der Waals surface area contributed by atoms with Gasteiger partial charge in [-0.05, 0) is 52.1 Å². The van der Waals surface area contributed by atoms with E-state index >= 15 is 0 Å². The summed E-state index contributed by atoms with van der Waals surface area (Å²) in [5.41, 5.74) is -0.287. The number of aromatic nitrogens is 4. The van der Waals surface area contributed by atoms with E-state index in [9.17, 15) is 10.1 Å². The van der Waals surface area contributed by atoms with Gasteiger partial charge >= 0.3 is 0 Å². The SMILES string of the molecule is CNCC(C)(C)n1cc(Nc2nccc(N3CC[C@@](C#N)(C4CC4)C3=O)n2)cn1. The molecule has 1 amide bonds. The summed E-state index contributed by atoms with van der Waals surface area (Å²) in [6.45, 7) is 5.48. The number of nitrogens with zero attached hydrogens (tertiary/aromatic N) is 6. The summed E-state index contributed by atoms with van der Waals surface area (Å²) in [6.07, 6.45) is 7.73. The van der Waals surface area contributed by atoms with Crippen molar-refractivity contribution in [1.29, 1.82) is 5.26 Å². The standard InChI is InChI=1S/C20H26N8O/c1-19(2,13-22-3)28-11-15(10-24-28)25-18-23-8-6-16(26-18)27-9-7-20(12-21,17(27)29)14-4-5-14/h6,8,10-11,14,22H,4-5,7,9,13H2,1-3H3,(H,23,25,26)/t20-/m1/s1. The van der Waals surface area contributed by atoms with Crippen molar-refractivity contribution in [3.8, 4) is 6.07 Å². The maximum Gasteiger partial charge on any atom is 0.248 e. The second kappa shape index (κ2) is 7.12. The van der Waals surface area contributed by atoms with Crippen molar-refractivity contribution in [1.82, 2.24) is 25.1 Å². The Labute approximate surface area is 170 Å². The zero-order valence-electron chi connectivity index (χ0n) is 17.0. The van der Waals surface area contributed by atoms with E-state index in [-0.39, 0.29) is 17.4 Å². The molecule has 0 aromatic carbocycles. The zero-order valence-corrected chi connectivity index (χ0v) is 17.0. The van der Waals surface area contributed by atoms with Crippen LogP contribution in [-0.4, -0.2) is 45.8 Å². The number of nitrogens with one attached hydrogen (secondary N) is 2. The van der Waals surface area contributed by atoms with Crippen molar-refractivity contribution >= 4 is 23.4 Å². The van der Waals surface area contributed by atoms with E-state index in [0.29, 0.717) is 24.7 Å². The second-order valence-corrected chi connectivity index (χ2v) is 8.44. The topological polar surface area (TPSA) is 112 Å². The molecule has 2 aliphatic rings. The van der Waals surface area contributed by atoms with Gasteiger partial charge in [0.2, 0.25) is 11.9 Å². The van der Waals surface area contributed by atoms with Crippen LogP contribution in [-0.2, 0) is 10.3 Å². The highest BCUT2D eigenvalue weighted by atomic mass is 16.2. The van der Waals surface area contributed by atoms with Crippen LogP contribution in [0.2, 0.25) is 0 Å². The number of carbonyl (C=O) groups is 1. The highest BCUT2D eigenvalue weighted by Crippen LogP contribution is 2.51. The van der Waals surface area contributed by atoms with Gasteiger partial charge in [-0.15, -0.1) is 0 Å². The fourth-order valence-corrected chi connectivity index (χ4v) is 4.03. The number of amides is 1. The minimum Gasteiger partial charge on any atom is -0.321 e. The molecule has 9 heteroatoms. The first kappa shape index (κ1) is 19.3. The van der Waals surface area contributed by atoms with Crippen molar-refractivity contribution in [2.24, 2.45) is 11.3 Å². The van der Waals surface area contributed by atoms with Crippen LogP contribution in [0.1, 0.15) is 33.1 Å². The Balaban J connectivity index is 1.51. The van der Waals surface area contributed by atoms with Crippen LogP contribution in [0.3, 0.4) is 0 Å². The molecule has 9 nitrogen and oxygen atoms in total. The fraction of sp³-hybridized carbons (Fsp3) is 0.550. The highest BCUT2D eigenvalue weighted by molar-refractivity contribution is 6.01. The molecule has 2 aromatic rings. The predicted octanol–water partition coefficient (Wildman–Crippen LogP) is 2.03. The van der Waals surface area contributed by atoms with Crippen molar-refractivity contribution in [3.05, 3.63) is 24.7 Å². The van der Waals surface area contributed by atoms with Gasteiger partial charge in [-0.2, -0.15) is 15.3 Å². The van der Waals surface area contributed by atoms with E-state index in [2.05, 4.69) is 45.6 Å². The number of nitriles is 1. The molecule has 2 aromatic heterocycles. The monoisotopic (exact) mass is 394 g/mol. The molecule has 2 fully saturated rings. The lowest BCUT2D eigenvalue weighted by Crippen LogP contribution is -2.37. The first-order chi connectivity index (χ1) is 13.9. The Hall–Kier alpha value is -2.99. The van der Waals surface area contributed by atoms with E-state index in [1.165, 1.54) is 0 Å². The third-order valence-corrected chi connectivity index (χ3v) is 5.82. The molecule has 1 saturated heterocycles. The molecule has 2 N–H and O–H groups in total. The van der Waals surface area contributed by atoms with Crippen LogP contribution in [0, 0.1) is 22.7 Å². The summed E-state index contributed by atoms with van der Waals surface area (Å²) < 4.78 is 1.89. The van der Waals surface area contributed by atoms with Gasteiger partial charge in [0.15, 0.2) is 0 Å². The third-order valence-electron chi connectivity index (χ3n) is 5.82. The molecule has 1 saturated carbocycles. The van der Waals surface area contributed by atoms with E-state index < -0.39 is 5.41 Å². The van der Waals surface area contributed by atoms with Gasteiger partial charge in [0.25, 0.3) is 0 Å². The second-order valence-electron chi connectivity index (χ2n) is 8.44. The Kier molecular flexibility index (Phi) is 4.74. The van der Waals surface area contributed by atoms with Gasteiger partial charge in [0, 0.05) is 25.5 Å². The first-order valence-corrected chi connectivity index (χ1v) is 9.93. The lowest BCUT2D eigenvalue weighted by molar-refractivity contribution is -0.123. The first-order valence-electron chi connectivity index (χ1n) is 9.93. The molecular weight excluding hydrogens is 368 g/mol. The summed E-state index contributed by atoms with van der Waals surface area (Å²) in [4.78, 5) is 23.4. The van der Waals surface area contributed by atoms with Crippen LogP contribution in [0.15, 0.2) is 24.7 Å². The predicted molar refractivity (Wildman–Crippen MR) is 109 cm³/mol. The number of anilines is 3. The lowest BCUT2D eigenvalue weighted by atomic mass is 9.83. The molecular formula is C20H26N8O. The van der Waals surface area contributed by atoms with Crippen molar-refractivity contribution in [2.45, 2.75) is 38.6 Å². The third kappa shape index (κ3) is 3.44. The normalized spacial score (nSPS) is 22.0. The average molecular weight is 394 g/mol. The Bertz CT molecular complexity index is 957. The van der Waals surface area contributed by atoms with Crippen LogP contribution >= 0.6 is 0 Å². The van der Waals surface area contributed by atoms with Crippen LogP contribution in [0.4, 0.5) is 17.5 Å². The maximum absolute atomic E-state index is 13.0. The van der Waals surface area contributed by atoms with Crippen LogP contribution in [0.5, 0.6) is 0 Å². The molecule has 0 spiro atoms. The Morgan fingerprint density at radius 2 is 2.21 bits per heavy atom. The molecule has 1 aliphatic carbocycles. The van der Waals surface area contributed by atoms with Crippen LogP contribution in [0.25, 0.3) is 0 Å². The minimum absolute atomic E-state index is 0.131. The summed E-state index contributed by atoms with van der Waals surface area (Å²) in [7, 11) is 1.91. The van der Waals surface area contributed by atoms with Gasteiger partial charge in [0.1, 0.15) is 11.2 Å². The molecule has 1 atom stereocenters. The van der Waals surface area contributed by atoms with Crippen molar-refractivity contribution < 1.29 is 4.79 Å². The van der Waals surface area contributed by atoms with E-state index in [4.69, 9.17) is 0 Å². The molecule has 3 heterocycles. The number of likely N-dealkylation sites (N-methyl/N-ethyl adjacent to an activating group) is 1. The van der Waals surface area contributed by atoms with Crippen LogP contribution < -0.4 is 15.5 Å². The smallest absolute Gasteiger partial charge is 0.248 e. The molecule has 1 aliphatic heterocycles. The quantitative estimate of drug-likeness (QED) is 0.739. The molecule has 29 heavy (non-hydrogen) atoms. The summed E-state index contributed by atoms with van der Waals surface area (Å²) in [5.74, 6) is 0.973. The summed E-state index contributed by atoms with van der Waals surface area (Å²) >= 11 is 0.